The minimum atomic E-state index is -0.901. The van der Waals surface area contributed by atoms with Crippen LogP contribution in [0.3, 0.4) is 0 Å². The molecule has 3 aliphatic carbocycles. The highest BCUT2D eigenvalue weighted by Gasteiger charge is 2.48. The lowest BCUT2D eigenvalue weighted by Gasteiger charge is -2.41. The standard InChI is InChI=1S/C18H21NO5/c1-23-13-8-7-12(9-14(13)24-2)19-17(20)15-10-3-5-11(6-4-10)16(15)18(21)22/h3,5,7-11,15-16H,4,6H2,1-2H3,(H,19,20)(H,21,22)/t10-,11+,15-,16-/m1/s1. The van der Waals surface area contributed by atoms with Crippen LogP contribution in [0.1, 0.15) is 12.8 Å². The molecule has 2 bridgehead atoms. The minimum absolute atomic E-state index is 0.0174. The first-order chi connectivity index (χ1) is 11.5. The van der Waals surface area contributed by atoms with Crippen molar-refractivity contribution >= 4 is 17.6 Å². The quantitative estimate of drug-likeness (QED) is 0.810. The van der Waals surface area contributed by atoms with Gasteiger partial charge in [0.2, 0.25) is 5.91 Å². The summed E-state index contributed by atoms with van der Waals surface area (Å²) in [7, 11) is 3.06. The van der Waals surface area contributed by atoms with E-state index in [4.69, 9.17) is 9.47 Å². The molecule has 1 aromatic carbocycles. The number of allylic oxidation sites excluding steroid dienone is 2. The summed E-state index contributed by atoms with van der Waals surface area (Å²) < 4.78 is 10.4. The van der Waals surface area contributed by atoms with Crippen LogP contribution in [0.15, 0.2) is 30.4 Å². The third kappa shape index (κ3) is 2.84. The van der Waals surface area contributed by atoms with Gasteiger partial charge in [0.1, 0.15) is 0 Å². The highest BCUT2D eigenvalue weighted by molar-refractivity contribution is 5.96. The number of ether oxygens (including phenoxy) is 2. The molecule has 0 aromatic heterocycles. The summed E-state index contributed by atoms with van der Waals surface area (Å²) in [6.07, 6.45) is 5.63. The second-order valence-electron chi connectivity index (χ2n) is 6.24. The average Bonchev–Trinajstić information content (AvgIpc) is 2.61. The average molecular weight is 331 g/mol. The van der Waals surface area contributed by atoms with Crippen molar-refractivity contribution < 1.29 is 24.2 Å². The van der Waals surface area contributed by atoms with Gasteiger partial charge in [0.25, 0.3) is 0 Å². The first-order valence-corrected chi connectivity index (χ1v) is 7.99. The summed E-state index contributed by atoms with van der Waals surface area (Å²) in [5.41, 5.74) is 0.562. The fraction of sp³-hybridized carbons (Fsp3) is 0.444. The van der Waals surface area contributed by atoms with E-state index in [2.05, 4.69) is 5.32 Å². The number of carboxylic acids is 1. The van der Waals surface area contributed by atoms with Gasteiger partial charge in [-0.15, -0.1) is 0 Å². The van der Waals surface area contributed by atoms with Crippen LogP contribution in [-0.2, 0) is 9.59 Å². The molecule has 1 fully saturated rings. The summed E-state index contributed by atoms with van der Waals surface area (Å²) in [5.74, 6) is -1.36. The fourth-order valence-electron chi connectivity index (χ4n) is 3.83. The number of carboxylic acid groups (broad SMARTS) is 1. The summed E-state index contributed by atoms with van der Waals surface area (Å²) >= 11 is 0. The molecule has 1 saturated carbocycles. The second kappa shape index (κ2) is 6.55. The van der Waals surface area contributed by atoms with Crippen molar-refractivity contribution in [2.75, 3.05) is 19.5 Å². The van der Waals surface area contributed by atoms with Crippen LogP contribution in [0, 0.1) is 23.7 Å². The Morgan fingerprint density at radius 1 is 1.04 bits per heavy atom. The molecule has 4 rings (SSSR count). The van der Waals surface area contributed by atoms with Crippen molar-refractivity contribution in [3.05, 3.63) is 30.4 Å². The molecule has 4 atom stereocenters. The number of hydrogen-bond donors (Lipinski definition) is 2. The zero-order valence-electron chi connectivity index (χ0n) is 13.7. The predicted molar refractivity (Wildman–Crippen MR) is 88.1 cm³/mol. The largest absolute Gasteiger partial charge is 0.493 e. The lowest BCUT2D eigenvalue weighted by molar-refractivity contribution is -0.151. The number of amides is 1. The summed E-state index contributed by atoms with van der Waals surface area (Å²) in [4.78, 5) is 24.4. The van der Waals surface area contributed by atoms with Gasteiger partial charge in [-0.1, -0.05) is 12.2 Å². The van der Waals surface area contributed by atoms with E-state index in [1.165, 1.54) is 7.11 Å². The Labute approximate surface area is 140 Å². The molecule has 0 unspecified atom stereocenters. The van der Waals surface area contributed by atoms with E-state index in [0.717, 1.165) is 12.8 Å². The van der Waals surface area contributed by atoms with Crippen molar-refractivity contribution in [1.29, 1.82) is 0 Å². The maximum absolute atomic E-state index is 12.7. The maximum atomic E-state index is 12.7. The molecule has 0 radical (unpaired) electrons. The van der Waals surface area contributed by atoms with Crippen molar-refractivity contribution in [3.63, 3.8) is 0 Å². The smallest absolute Gasteiger partial charge is 0.307 e. The Morgan fingerprint density at radius 3 is 2.21 bits per heavy atom. The Kier molecular flexibility index (Phi) is 4.46. The number of aliphatic carboxylic acids is 1. The van der Waals surface area contributed by atoms with E-state index in [1.54, 1.807) is 25.3 Å². The summed E-state index contributed by atoms with van der Waals surface area (Å²) in [5, 5.41) is 12.4. The van der Waals surface area contributed by atoms with Gasteiger partial charge in [-0.05, 0) is 36.8 Å². The molecule has 0 heterocycles. The SMILES string of the molecule is COc1ccc(NC(=O)[C@H]2[C@H](C(=O)O)[C@H]3C=C[C@@H]2CC3)cc1OC. The van der Waals surface area contributed by atoms with Crippen molar-refractivity contribution in [3.8, 4) is 11.5 Å². The second-order valence-corrected chi connectivity index (χ2v) is 6.24. The molecule has 0 aliphatic heterocycles. The van der Waals surface area contributed by atoms with Crippen LogP contribution in [0.2, 0.25) is 0 Å². The topological polar surface area (TPSA) is 84.9 Å². The van der Waals surface area contributed by atoms with Crippen molar-refractivity contribution in [2.45, 2.75) is 12.8 Å². The number of nitrogens with one attached hydrogen (secondary N) is 1. The third-order valence-corrected chi connectivity index (χ3v) is 4.99. The van der Waals surface area contributed by atoms with Crippen LogP contribution < -0.4 is 14.8 Å². The molecule has 1 amide bonds. The van der Waals surface area contributed by atoms with E-state index in [-0.39, 0.29) is 17.7 Å². The number of fused-ring (bicyclic) bond motifs is 2. The summed E-state index contributed by atoms with van der Waals surface area (Å²) in [6.45, 7) is 0. The van der Waals surface area contributed by atoms with Gasteiger partial charge in [-0.3, -0.25) is 9.59 Å². The van der Waals surface area contributed by atoms with Gasteiger partial charge in [0.05, 0.1) is 26.1 Å². The molecule has 6 heteroatoms. The Morgan fingerprint density at radius 2 is 1.67 bits per heavy atom. The maximum Gasteiger partial charge on any atom is 0.307 e. The molecule has 3 aliphatic rings. The van der Waals surface area contributed by atoms with Crippen LogP contribution in [-0.4, -0.2) is 31.2 Å². The third-order valence-electron chi connectivity index (χ3n) is 4.99. The van der Waals surface area contributed by atoms with Crippen molar-refractivity contribution in [2.24, 2.45) is 23.7 Å². The van der Waals surface area contributed by atoms with E-state index < -0.39 is 17.8 Å². The lowest BCUT2D eigenvalue weighted by Crippen LogP contribution is -2.47. The normalized spacial score (nSPS) is 27.6. The highest BCUT2D eigenvalue weighted by atomic mass is 16.5. The van der Waals surface area contributed by atoms with Crippen LogP contribution >= 0.6 is 0 Å². The number of hydrogen-bond acceptors (Lipinski definition) is 4. The van der Waals surface area contributed by atoms with E-state index in [1.807, 2.05) is 12.2 Å². The number of rotatable bonds is 5. The number of carbonyl (C=O) groups excluding carboxylic acids is 1. The molecule has 0 saturated heterocycles. The lowest BCUT2D eigenvalue weighted by atomic mass is 9.62. The molecule has 1 aromatic rings. The first-order valence-electron chi connectivity index (χ1n) is 7.99. The zero-order chi connectivity index (χ0) is 17.3. The van der Waals surface area contributed by atoms with Crippen LogP contribution in [0.5, 0.6) is 11.5 Å². The van der Waals surface area contributed by atoms with Crippen LogP contribution in [0.4, 0.5) is 5.69 Å². The Hall–Kier alpha value is -2.50. The van der Waals surface area contributed by atoms with Gasteiger partial charge in [0, 0.05) is 11.8 Å². The Bertz CT molecular complexity index is 684. The predicted octanol–water partition coefficient (Wildman–Crippen LogP) is 2.56. The van der Waals surface area contributed by atoms with Gasteiger partial charge >= 0.3 is 5.97 Å². The summed E-state index contributed by atoms with van der Waals surface area (Å²) in [6, 6.07) is 5.09. The first kappa shape index (κ1) is 16.4. The molecule has 128 valence electrons. The number of anilines is 1. The van der Waals surface area contributed by atoms with E-state index >= 15 is 0 Å². The number of benzene rings is 1. The van der Waals surface area contributed by atoms with Gasteiger partial charge in [0.15, 0.2) is 11.5 Å². The van der Waals surface area contributed by atoms with Crippen LogP contribution in [0.25, 0.3) is 0 Å². The van der Waals surface area contributed by atoms with Gasteiger partial charge in [-0.25, -0.2) is 0 Å². The monoisotopic (exact) mass is 331 g/mol. The number of carbonyl (C=O) groups is 2. The van der Waals surface area contributed by atoms with E-state index in [0.29, 0.717) is 17.2 Å². The zero-order valence-corrected chi connectivity index (χ0v) is 13.7. The highest BCUT2D eigenvalue weighted by Crippen LogP contribution is 2.45. The molecular formula is C18H21NO5. The van der Waals surface area contributed by atoms with Gasteiger partial charge in [-0.2, -0.15) is 0 Å². The van der Waals surface area contributed by atoms with E-state index in [9.17, 15) is 14.7 Å². The Balaban J connectivity index is 1.81. The molecule has 0 spiro atoms. The molecule has 2 N–H and O–H groups in total. The molecular weight excluding hydrogens is 310 g/mol. The van der Waals surface area contributed by atoms with Gasteiger partial charge < -0.3 is 19.9 Å². The fourth-order valence-corrected chi connectivity index (χ4v) is 3.83. The number of methoxy groups -OCH3 is 2. The molecule has 6 nitrogen and oxygen atoms in total. The van der Waals surface area contributed by atoms with Crippen molar-refractivity contribution in [1.82, 2.24) is 0 Å². The molecule has 24 heavy (non-hydrogen) atoms. The minimum Gasteiger partial charge on any atom is -0.493 e.